The molecule has 0 aromatic carbocycles. The molecule has 24 heavy (non-hydrogen) atoms. The van der Waals surface area contributed by atoms with Gasteiger partial charge in [0, 0.05) is 26.1 Å². The fraction of sp³-hybridized carbons (Fsp3) is 0.368. The average Bonchev–Trinajstić information content (AvgIpc) is 3.36. The lowest BCUT2D eigenvalue weighted by Gasteiger charge is -2.22. The fourth-order valence-electron chi connectivity index (χ4n) is 2.91. The Bertz CT molecular complexity index is 738. The molecule has 2 nitrogen and oxygen atoms in total. The van der Waals surface area contributed by atoms with E-state index in [-0.39, 0.29) is 6.29 Å². The maximum absolute atomic E-state index is 5.95. The molecule has 1 atom stereocenters. The van der Waals surface area contributed by atoms with Crippen LogP contribution in [0.25, 0.3) is 19.5 Å². The minimum atomic E-state index is -0.000611. The molecule has 4 heterocycles. The van der Waals surface area contributed by atoms with Crippen LogP contribution >= 0.6 is 34.0 Å². The van der Waals surface area contributed by atoms with Crippen molar-refractivity contribution in [2.45, 2.75) is 32.0 Å². The molecule has 0 radical (unpaired) electrons. The van der Waals surface area contributed by atoms with E-state index in [1.807, 2.05) is 22.7 Å². The normalized spacial score (nSPS) is 18.1. The van der Waals surface area contributed by atoms with Crippen LogP contribution in [0.15, 0.2) is 41.1 Å². The molecule has 1 aliphatic heterocycles. The molecule has 126 valence electrons. The third-order valence-corrected chi connectivity index (χ3v) is 7.42. The zero-order chi connectivity index (χ0) is 16.2. The van der Waals surface area contributed by atoms with Gasteiger partial charge in [0.05, 0.1) is 6.61 Å². The molecule has 3 aromatic heterocycles. The van der Waals surface area contributed by atoms with E-state index in [0.29, 0.717) is 0 Å². The van der Waals surface area contributed by atoms with Crippen molar-refractivity contribution in [1.29, 1.82) is 0 Å². The van der Waals surface area contributed by atoms with Crippen molar-refractivity contribution in [3.63, 3.8) is 0 Å². The van der Waals surface area contributed by atoms with E-state index in [2.05, 4.69) is 41.1 Å². The number of ether oxygens (including phenoxy) is 2. The van der Waals surface area contributed by atoms with Gasteiger partial charge in [0.1, 0.15) is 0 Å². The van der Waals surface area contributed by atoms with Crippen LogP contribution in [0.2, 0.25) is 0 Å². The first-order valence-electron chi connectivity index (χ1n) is 8.34. The van der Waals surface area contributed by atoms with Crippen molar-refractivity contribution in [2.75, 3.05) is 13.2 Å². The Labute approximate surface area is 154 Å². The van der Waals surface area contributed by atoms with Crippen molar-refractivity contribution >= 4 is 34.0 Å². The van der Waals surface area contributed by atoms with Crippen LogP contribution in [0.5, 0.6) is 0 Å². The monoisotopic (exact) mass is 376 g/mol. The second kappa shape index (κ2) is 7.93. The molecule has 0 N–H and O–H groups in total. The summed E-state index contributed by atoms with van der Waals surface area (Å²) in [7, 11) is 0. The first-order valence-corrected chi connectivity index (χ1v) is 10.9. The SMILES string of the molecule is c1csc(-c2cc(CCOC3CCCCO3)c(-c3cccs3)s2)c1. The maximum Gasteiger partial charge on any atom is 0.157 e. The van der Waals surface area contributed by atoms with Gasteiger partial charge in [0.15, 0.2) is 6.29 Å². The van der Waals surface area contributed by atoms with Gasteiger partial charge in [-0.1, -0.05) is 12.1 Å². The maximum atomic E-state index is 5.95. The molecule has 0 saturated carbocycles. The Morgan fingerprint density at radius 3 is 2.58 bits per heavy atom. The predicted molar refractivity (Wildman–Crippen MR) is 104 cm³/mol. The van der Waals surface area contributed by atoms with E-state index in [1.54, 1.807) is 11.3 Å². The summed E-state index contributed by atoms with van der Waals surface area (Å²) in [6, 6.07) is 11.0. The topological polar surface area (TPSA) is 18.5 Å². The molecular weight excluding hydrogens is 356 g/mol. The van der Waals surface area contributed by atoms with Crippen LogP contribution in [0.1, 0.15) is 24.8 Å². The van der Waals surface area contributed by atoms with Gasteiger partial charge in [-0.3, -0.25) is 0 Å². The molecule has 1 unspecified atom stereocenters. The summed E-state index contributed by atoms with van der Waals surface area (Å²) in [5.74, 6) is 0. The van der Waals surface area contributed by atoms with E-state index >= 15 is 0 Å². The van der Waals surface area contributed by atoms with Crippen LogP contribution in [-0.4, -0.2) is 19.5 Å². The third kappa shape index (κ3) is 3.81. The van der Waals surface area contributed by atoms with E-state index in [9.17, 15) is 0 Å². The van der Waals surface area contributed by atoms with Gasteiger partial charge in [-0.15, -0.1) is 34.0 Å². The Morgan fingerprint density at radius 1 is 1.04 bits per heavy atom. The van der Waals surface area contributed by atoms with Gasteiger partial charge in [-0.2, -0.15) is 0 Å². The standard InChI is InChI=1S/C19H20O2S3/c1-2-9-20-18(7-1)21-10-8-14-13-17(15-5-3-11-22-15)24-19(14)16-6-4-12-23-16/h3-6,11-13,18H,1-2,7-10H2. The lowest BCUT2D eigenvalue weighted by atomic mass is 10.1. The Hall–Kier alpha value is -0.980. The van der Waals surface area contributed by atoms with E-state index in [4.69, 9.17) is 9.47 Å². The number of hydrogen-bond acceptors (Lipinski definition) is 5. The summed E-state index contributed by atoms with van der Waals surface area (Å²) in [6.45, 7) is 1.57. The second-order valence-corrected chi connectivity index (χ2v) is 8.78. The minimum absolute atomic E-state index is 0.000611. The highest BCUT2D eigenvalue weighted by atomic mass is 32.1. The molecular formula is C19H20O2S3. The van der Waals surface area contributed by atoms with Crippen LogP contribution in [0.3, 0.4) is 0 Å². The van der Waals surface area contributed by atoms with Crippen molar-refractivity contribution < 1.29 is 9.47 Å². The molecule has 0 amide bonds. The highest BCUT2D eigenvalue weighted by Crippen LogP contribution is 2.41. The Balaban J connectivity index is 1.50. The molecule has 0 aliphatic carbocycles. The predicted octanol–water partition coefficient (Wildman–Crippen LogP) is 6.29. The molecule has 1 aliphatic rings. The molecule has 1 fully saturated rings. The summed E-state index contributed by atoms with van der Waals surface area (Å²) in [4.78, 5) is 5.45. The van der Waals surface area contributed by atoms with Gasteiger partial charge in [-0.25, -0.2) is 0 Å². The van der Waals surface area contributed by atoms with Crippen LogP contribution in [0, 0.1) is 0 Å². The van der Waals surface area contributed by atoms with Crippen molar-refractivity contribution in [2.24, 2.45) is 0 Å². The average molecular weight is 377 g/mol. The number of hydrogen-bond donors (Lipinski definition) is 0. The third-order valence-electron chi connectivity index (χ3n) is 4.13. The molecule has 0 spiro atoms. The first kappa shape index (κ1) is 16.5. The largest absolute Gasteiger partial charge is 0.353 e. The first-order chi connectivity index (χ1) is 11.9. The summed E-state index contributed by atoms with van der Waals surface area (Å²) < 4.78 is 11.6. The van der Waals surface area contributed by atoms with Gasteiger partial charge in [0.2, 0.25) is 0 Å². The molecule has 5 heteroatoms. The Kier molecular flexibility index (Phi) is 5.45. The summed E-state index contributed by atoms with van der Waals surface area (Å²) in [5, 5.41) is 4.29. The molecule has 0 bridgehead atoms. The Morgan fingerprint density at radius 2 is 1.88 bits per heavy atom. The highest BCUT2D eigenvalue weighted by Gasteiger charge is 2.16. The minimum Gasteiger partial charge on any atom is -0.353 e. The number of thiophene rings is 3. The summed E-state index contributed by atoms with van der Waals surface area (Å²) >= 11 is 5.51. The van der Waals surface area contributed by atoms with E-state index in [0.717, 1.165) is 32.5 Å². The summed E-state index contributed by atoms with van der Waals surface area (Å²) in [5.41, 5.74) is 1.39. The van der Waals surface area contributed by atoms with E-state index in [1.165, 1.54) is 31.5 Å². The lowest BCUT2D eigenvalue weighted by molar-refractivity contribution is -0.161. The highest BCUT2D eigenvalue weighted by molar-refractivity contribution is 7.26. The lowest BCUT2D eigenvalue weighted by Crippen LogP contribution is -2.23. The molecule has 4 rings (SSSR count). The van der Waals surface area contributed by atoms with Crippen LogP contribution < -0.4 is 0 Å². The molecule has 3 aromatic rings. The smallest absolute Gasteiger partial charge is 0.157 e. The summed E-state index contributed by atoms with van der Waals surface area (Å²) in [6.07, 6.45) is 4.35. The van der Waals surface area contributed by atoms with Gasteiger partial charge >= 0.3 is 0 Å². The fourth-order valence-corrected chi connectivity index (χ4v) is 5.84. The zero-order valence-electron chi connectivity index (χ0n) is 13.4. The van der Waals surface area contributed by atoms with Gasteiger partial charge in [-0.05, 0) is 60.2 Å². The second-order valence-electron chi connectivity index (χ2n) is 5.84. The number of rotatable bonds is 6. The molecule has 1 saturated heterocycles. The van der Waals surface area contributed by atoms with Gasteiger partial charge < -0.3 is 9.47 Å². The van der Waals surface area contributed by atoms with Crippen molar-refractivity contribution in [1.82, 2.24) is 0 Å². The van der Waals surface area contributed by atoms with Crippen LogP contribution in [0.4, 0.5) is 0 Å². The van der Waals surface area contributed by atoms with Gasteiger partial charge in [0.25, 0.3) is 0 Å². The quantitative estimate of drug-likeness (QED) is 0.503. The van der Waals surface area contributed by atoms with Crippen molar-refractivity contribution in [3.8, 4) is 19.5 Å². The zero-order valence-corrected chi connectivity index (χ0v) is 15.9. The van der Waals surface area contributed by atoms with E-state index < -0.39 is 0 Å². The van der Waals surface area contributed by atoms with Crippen molar-refractivity contribution in [3.05, 3.63) is 46.7 Å². The van der Waals surface area contributed by atoms with Crippen LogP contribution in [-0.2, 0) is 15.9 Å².